The molecule has 4 heteroatoms. The third-order valence-electron chi connectivity index (χ3n) is 1.50. The number of nitrogens with one attached hydrogen (secondary N) is 1. The number of rotatable bonds is 3. The molecule has 0 aliphatic carbocycles. The summed E-state index contributed by atoms with van der Waals surface area (Å²) < 4.78 is 0. The van der Waals surface area contributed by atoms with Crippen LogP contribution < -0.4 is 0 Å². The summed E-state index contributed by atoms with van der Waals surface area (Å²) in [5.74, 6) is -0.818. The van der Waals surface area contributed by atoms with Gasteiger partial charge in [-0.25, -0.2) is 0 Å². The molecule has 0 aromatic carbocycles. The second kappa shape index (κ2) is 3.18. The van der Waals surface area contributed by atoms with Crippen LogP contribution in [-0.2, 0) is 17.6 Å². The monoisotopic (exact) mass is 154 g/mol. The number of aliphatic carboxylic acids is 1. The van der Waals surface area contributed by atoms with Crippen LogP contribution in [0.25, 0.3) is 0 Å². The van der Waals surface area contributed by atoms with Gasteiger partial charge in [0.1, 0.15) is 0 Å². The fraction of sp³-hybridized carbons (Fsp3) is 0.429. The first-order chi connectivity index (χ1) is 5.24. The van der Waals surface area contributed by atoms with Crippen molar-refractivity contribution < 1.29 is 9.90 Å². The molecule has 0 amide bonds. The number of aromatic nitrogens is 2. The van der Waals surface area contributed by atoms with Crippen LogP contribution >= 0.6 is 0 Å². The van der Waals surface area contributed by atoms with E-state index in [1.807, 2.05) is 6.92 Å². The lowest BCUT2D eigenvalue weighted by molar-refractivity contribution is -0.136. The molecule has 0 atom stereocenters. The number of aryl methyl sites for hydroxylation is 1. The Morgan fingerprint density at radius 2 is 2.55 bits per heavy atom. The predicted molar refractivity (Wildman–Crippen MR) is 39.3 cm³/mol. The van der Waals surface area contributed by atoms with Crippen molar-refractivity contribution in [2.24, 2.45) is 0 Å². The standard InChI is InChI=1S/C7H10N2O2/c1-2-6-5(3-7(10)11)4-8-9-6/h4H,2-3H2,1H3,(H,8,9)(H,10,11). The van der Waals surface area contributed by atoms with Gasteiger partial charge in [-0.2, -0.15) is 5.10 Å². The number of aromatic amines is 1. The molecular formula is C7H10N2O2. The number of carboxylic acids is 1. The van der Waals surface area contributed by atoms with E-state index in [2.05, 4.69) is 10.2 Å². The maximum atomic E-state index is 10.3. The lowest BCUT2D eigenvalue weighted by Gasteiger charge is -1.94. The lowest BCUT2D eigenvalue weighted by Crippen LogP contribution is -2.01. The van der Waals surface area contributed by atoms with E-state index in [4.69, 9.17) is 5.11 Å². The zero-order valence-corrected chi connectivity index (χ0v) is 6.29. The van der Waals surface area contributed by atoms with Gasteiger partial charge in [0, 0.05) is 11.3 Å². The average molecular weight is 154 g/mol. The molecule has 4 nitrogen and oxygen atoms in total. The van der Waals surface area contributed by atoms with E-state index in [1.54, 1.807) is 6.20 Å². The lowest BCUT2D eigenvalue weighted by atomic mass is 10.1. The summed E-state index contributed by atoms with van der Waals surface area (Å²) in [6.07, 6.45) is 2.41. The van der Waals surface area contributed by atoms with Crippen LogP contribution in [0.4, 0.5) is 0 Å². The van der Waals surface area contributed by atoms with Crippen LogP contribution in [-0.4, -0.2) is 21.3 Å². The fourth-order valence-corrected chi connectivity index (χ4v) is 0.959. The number of hydrogen-bond acceptors (Lipinski definition) is 2. The molecule has 0 fully saturated rings. The van der Waals surface area contributed by atoms with E-state index in [1.165, 1.54) is 0 Å². The van der Waals surface area contributed by atoms with E-state index >= 15 is 0 Å². The molecule has 1 rings (SSSR count). The third-order valence-corrected chi connectivity index (χ3v) is 1.50. The summed E-state index contributed by atoms with van der Waals surface area (Å²) in [6.45, 7) is 1.96. The van der Waals surface area contributed by atoms with E-state index in [0.717, 1.165) is 17.7 Å². The van der Waals surface area contributed by atoms with Gasteiger partial charge in [0.15, 0.2) is 0 Å². The zero-order valence-electron chi connectivity index (χ0n) is 6.29. The number of nitrogens with zero attached hydrogens (tertiary/aromatic N) is 1. The van der Waals surface area contributed by atoms with Crippen LogP contribution in [0.2, 0.25) is 0 Å². The summed E-state index contributed by atoms with van der Waals surface area (Å²) in [4.78, 5) is 10.3. The normalized spacial score (nSPS) is 9.91. The number of hydrogen-bond donors (Lipinski definition) is 2. The molecule has 0 aliphatic heterocycles. The first-order valence-electron chi connectivity index (χ1n) is 3.47. The van der Waals surface area contributed by atoms with Crippen molar-refractivity contribution in [1.29, 1.82) is 0 Å². The Kier molecular flexibility index (Phi) is 2.25. The van der Waals surface area contributed by atoms with Gasteiger partial charge in [-0.1, -0.05) is 6.92 Å². The van der Waals surface area contributed by atoms with Crippen molar-refractivity contribution in [1.82, 2.24) is 10.2 Å². The topological polar surface area (TPSA) is 66.0 Å². The van der Waals surface area contributed by atoms with Crippen molar-refractivity contribution in [3.8, 4) is 0 Å². The van der Waals surface area contributed by atoms with E-state index in [0.29, 0.717) is 0 Å². The number of carboxylic acid groups (broad SMARTS) is 1. The summed E-state index contributed by atoms with van der Waals surface area (Å²) >= 11 is 0. The highest BCUT2D eigenvalue weighted by molar-refractivity contribution is 5.70. The molecule has 2 N–H and O–H groups in total. The van der Waals surface area contributed by atoms with E-state index in [-0.39, 0.29) is 6.42 Å². The third kappa shape index (κ3) is 1.80. The molecule has 0 radical (unpaired) electrons. The first kappa shape index (κ1) is 7.78. The van der Waals surface area contributed by atoms with Crippen molar-refractivity contribution in [3.63, 3.8) is 0 Å². The van der Waals surface area contributed by atoms with Crippen LogP contribution in [0.15, 0.2) is 6.20 Å². The van der Waals surface area contributed by atoms with Crippen molar-refractivity contribution in [3.05, 3.63) is 17.5 Å². The summed E-state index contributed by atoms with van der Waals surface area (Å²) in [7, 11) is 0. The summed E-state index contributed by atoms with van der Waals surface area (Å²) in [5, 5.41) is 15.0. The Morgan fingerprint density at radius 3 is 3.09 bits per heavy atom. The number of H-pyrrole nitrogens is 1. The molecule has 1 heterocycles. The van der Waals surface area contributed by atoms with Crippen LogP contribution in [0.5, 0.6) is 0 Å². The molecule has 0 spiro atoms. The average Bonchev–Trinajstić information content (AvgIpc) is 2.34. The summed E-state index contributed by atoms with van der Waals surface area (Å²) in [6, 6.07) is 0. The molecule has 0 saturated heterocycles. The molecular weight excluding hydrogens is 144 g/mol. The maximum absolute atomic E-state index is 10.3. The minimum Gasteiger partial charge on any atom is -0.481 e. The molecule has 1 aromatic rings. The van der Waals surface area contributed by atoms with E-state index < -0.39 is 5.97 Å². The summed E-state index contributed by atoms with van der Waals surface area (Å²) in [5.41, 5.74) is 1.69. The van der Waals surface area contributed by atoms with Crippen LogP contribution in [0.3, 0.4) is 0 Å². The number of carbonyl (C=O) groups is 1. The van der Waals surface area contributed by atoms with Crippen LogP contribution in [0, 0.1) is 0 Å². The first-order valence-corrected chi connectivity index (χ1v) is 3.47. The van der Waals surface area contributed by atoms with Crippen molar-refractivity contribution in [2.75, 3.05) is 0 Å². The van der Waals surface area contributed by atoms with Crippen LogP contribution in [0.1, 0.15) is 18.2 Å². The molecule has 60 valence electrons. The molecule has 1 aromatic heterocycles. The Bertz CT molecular complexity index is 255. The Hall–Kier alpha value is -1.32. The van der Waals surface area contributed by atoms with Gasteiger partial charge in [-0.15, -0.1) is 0 Å². The zero-order chi connectivity index (χ0) is 8.27. The molecule has 0 saturated carbocycles. The molecule has 0 bridgehead atoms. The quantitative estimate of drug-likeness (QED) is 0.670. The fourth-order valence-electron chi connectivity index (χ4n) is 0.959. The highest BCUT2D eigenvalue weighted by atomic mass is 16.4. The van der Waals surface area contributed by atoms with Gasteiger partial charge in [0.25, 0.3) is 0 Å². The maximum Gasteiger partial charge on any atom is 0.307 e. The predicted octanol–water partition coefficient (Wildman–Crippen LogP) is 0.599. The SMILES string of the molecule is CCc1[nH]ncc1CC(=O)O. The van der Waals surface area contributed by atoms with E-state index in [9.17, 15) is 4.79 Å². The van der Waals surface area contributed by atoms with Gasteiger partial charge in [-0.05, 0) is 6.42 Å². The second-order valence-corrected chi connectivity index (χ2v) is 2.30. The highest BCUT2D eigenvalue weighted by Gasteiger charge is 2.06. The van der Waals surface area contributed by atoms with Gasteiger partial charge >= 0.3 is 5.97 Å². The van der Waals surface area contributed by atoms with Crippen molar-refractivity contribution in [2.45, 2.75) is 19.8 Å². The molecule has 11 heavy (non-hydrogen) atoms. The molecule has 0 unspecified atom stereocenters. The minimum absolute atomic E-state index is 0.0552. The Labute approximate surface area is 64.2 Å². The second-order valence-electron chi connectivity index (χ2n) is 2.30. The minimum atomic E-state index is -0.818. The molecule has 0 aliphatic rings. The smallest absolute Gasteiger partial charge is 0.307 e. The Morgan fingerprint density at radius 1 is 1.82 bits per heavy atom. The van der Waals surface area contributed by atoms with Gasteiger partial charge in [0.05, 0.1) is 12.6 Å². The highest BCUT2D eigenvalue weighted by Crippen LogP contribution is 2.05. The Balaban J connectivity index is 2.76. The van der Waals surface area contributed by atoms with Crippen molar-refractivity contribution >= 4 is 5.97 Å². The van der Waals surface area contributed by atoms with Gasteiger partial charge < -0.3 is 5.11 Å². The van der Waals surface area contributed by atoms with Gasteiger partial charge in [0.2, 0.25) is 0 Å². The largest absolute Gasteiger partial charge is 0.481 e. The van der Waals surface area contributed by atoms with Gasteiger partial charge in [-0.3, -0.25) is 9.89 Å².